The fourth-order valence-electron chi connectivity index (χ4n) is 1.74. The topological polar surface area (TPSA) is 30.5 Å². The van der Waals surface area contributed by atoms with Crippen LogP contribution in [0.2, 0.25) is 0 Å². The van der Waals surface area contributed by atoms with Gasteiger partial charge in [0.2, 0.25) is 0 Å². The minimum absolute atomic E-state index is 0.0134. The van der Waals surface area contributed by atoms with Crippen molar-refractivity contribution in [3.05, 3.63) is 29.8 Å². The third kappa shape index (κ3) is 8.57. The molecule has 21 heavy (non-hydrogen) atoms. The number of para-hydroxylation sites is 1. The van der Waals surface area contributed by atoms with Crippen LogP contribution in [0.3, 0.4) is 0 Å². The third-order valence-electron chi connectivity index (χ3n) is 2.77. The lowest BCUT2D eigenvalue weighted by atomic mass is 10.2. The Morgan fingerprint density at radius 3 is 2.57 bits per heavy atom. The minimum Gasteiger partial charge on any atom is -0.491 e. The van der Waals surface area contributed by atoms with Gasteiger partial charge in [-0.05, 0) is 19.0 Å². The van der Waals surface area contributed by atoms with Crippen LogP contribution in [0.25, 0.3) is 0 Å². The highest BCUT2D eigenvalue weighted by atomic mass is 19.4. The van der Waals surface area contributed by atoms with Gasteiger partial charge in [0.1, 0.15) is 12.4 Å². The molecule has 0 heterocycles. The van der Waals surface area contributed by atoms with Gasteiger partial charge in [0.25, 0.3) is 0 Å². The molecule has 1 N–H and O–H groups in total. The molecular formula is C15H22F3NO2. The summed E-state index contributed by atoms with van der Waals surface area (Å²) >= 11 is 0. The second kappa shape index (κ2) is 9.63. The van der Waals surface area contributed by atoms with Crippen molar-refractivity contribution in [3.63, 3.8) is 0 Å². The maximum Gasteiger partial charge on any atom is 0.389 e. The lowest BCUT2D eigenvalue weighted by molar-refractivity contribution is -0.138. The summed E-state index contributed by atoms with van der Waals surface area (Å²) in [5, 5.41) is 3.22. The quantitative estimate of drug-likeness (QED) is 0.671. The molecule has 1 rings (SSSR count). The maximum absolute atomic E-state index is 11.9. The number of halogens is 3. The normalized spacial score (nSPS) is 11.6. The molecular weight excluding hydrogens is 283 g/mol. The molecule has 0 aromatic heterocycles. The highest BCUT2D eigenvalue weighted by Gasteiger charge is 2.25. The van der Waals surface area contributed by atoms with Gasteiger partial charge in [0.15, 0.2) is 0 Å². The molecule has 0 aliphatic rings. The predicted molar refractivity (Wildman–Crippen MR) is 75.4 cm³/mol. The van der Waals surface area contributed by atoms with Gasteiger partial charge < -0.3 is 14.8 Å². The van der Waals surface area contributed by atoms with Gasteiger partial charge in [-0.2, -0.15) is 13.2 Å². The van der Waals surface area contributed by atoms with Crippen molar-refractivity contribution in [2.75, 3.05) is 26.4 Å². The van der Waals surface area contributed by atoms with E-state index in [0.29, 0.717) is 6.61 Å². The average molecular weight is 305 g/mol. The molecule has 0 saturated carbocycles. The van der Waals surface area contributed by atoms with E-state index in [9.17, 15) is 13.2 Å². The van der Waals surface area contributed by atoms with Gasteiger partial charge >= 0.3 is 6.18 Å². The van der Waals surface area contributed by atoms with Crippen LogP contribution in [0, 0.1) is 0 Å². The summed E-state index contributed by atoms with van der Waals surface area (Å²) in [6.07, 6.45) is -4.93. The van der Waals surface area contributed by atoms with Gasteiger partial charge in [-0.25, -0.2) is 0 Å². The van der Waals surface area contributed by atoms with Crippen LogP contribution in [0.4, 0.5) is 13.2 Å². The molecule has 0 saturated heterocycles. The number of rotatable bonds is 10. The first-order chi connectivity index (χ1) is 10.0. The van der Waals surface area contributed by atoms with Gasteiger partial charge in [-0.15, -0.1) is 0 Å². The molecule has 1 aromatic carbocycles. The number of alkyl halides is 3. The Balaban J connectivity index is 2.18. The summed E-state index contributed by atoms with van der Waals surface area (Å²) < 4.78 is 46.5. The fourth-order valence-corrected chi connectivity index (χ4v) is 1.74. The second-order valence-electron chi connectivity index (χ2n) is 4.57. The highest BCUT2D eigenvalue weighted by molar-refractivity contribution is 5.33. The van der Waals surface area contributed by atoms with Gasteiger partial charge in [-0.1, -0.05) is 25.1 Å². The molecule has 0 bridgehead atoms. The largest absolute Gasteiger partial charge is 0.491 e. The van der Waals surface area contributed by atoms with E-state index in [1.807, 2.05) is 31.2 Å². The van der Waals surface area contributed by atoms with E-state index >= 15 is 0 Å². The van der Waals surface area contributed by atoms with E-state index in [2.05, 4.69) is 5.32 Å². The summed E-state index contributed by atoms with van der Waals surface area (Å²) in [7, 11) is 0. The van der Waals surface area contributed by atoms with Crippen LogP contribution in [0.1, 0.15) is 25.3 Å². The van der Waals surface area contributed by atoms with Gasteiger partial charge in [0, 0.05) is 25.1 Å². The average Bonchev–Trinajstić information content (AvgIpc) is 2.44. The monoisotopic (exact) mass is 305 g/mol. The number of benzene rings is 1. The highest BCUT2D eigenvalue weighted by Crippen LogP contribution is 2.21. The molecule has 0 aliphatic heterocycles. The second-order valence-corrected chi connectivity index (χ2v) is 4.57. The lowest BCUT2D eigenvalue weighted by Gasteiger charge is -2.12. The molecule has 0 aliphatic carbocycles. The summed E-state index contributed by atoms with van der Waals surface area (Å²) in [5.41, 5.74) is 1.05. The smallest absolute Gasteiger partial charge is 0.389 e. The van der Waals surface area contributed by atoms with Gasteiger partial charge in [-0.3, -0.25) is 0 Å². The van der Waals surface area contributed by atoms with Gasteiger partial charge in [0.05, 0.1) is 6.61 Å². The SMILES string of the molecule is CCNCc1ccccc1OCCOCCCC(F)(F)F. The van der Waals surface area contributed by atoms with E-state index in [-0.39, 0.29) is 19.6 Å². The Labute approximate surface area is 123 Å². The van der Waals surface area contributed by atoms with Crippen molar-refractivity contribution in [2.24, 2.45) is 0 Å². The molecule has 6 heteroatoms. The van der Waals surface area contributed by atoms with Crippen LogP contribution in [-0.2, 0) is 11.3 Å². The molecule has 1 aromatic rings. The van der Waals surface area contributed by atoms with E-state index < -0.39 is 12.6 Å². The summed E-state index contributed by atoms with van der Waals surface area (Å²) in [6, 6.07) is 7.67. The first-order valence-corrected chi connectivity index (χ1v) is 7.09. The number of hydrogen-bond donors (Lipinski definition) is 1. The predicted octanol–water partition coefficient (Wildman–Crippen LogP) is 3.53. The van der Waals surface area contributed by atoms with Crippen LogP contribution in [-0.4, -0.2) is 32.5 Å². The van der Waals surface area contributed by atoms with Crippen molar-refractivity contribution < 1.29 is 22.6 Å². The minimum atomic E-state index is -4.11. The molecule has 0 spiro atoms. The fraction of sp³-hybridized carbons (Fsp3) is 0.600. The standard InChI is InChI=1S/C15H22F3NO2/c1-2-19-12-13-6-3-4-7-14(13)21-11-10-20-9-5-8-15(16,17)18/h3-4,6-7,19H,2,5,8-12H2,1H3. The van der Waals surface area contributed by atoms with E-state index in [0.717, 1.165) is 24.4 Å². The van der Waals surface area contributed by atoms with E-state index in [1.165, 1.54) is 0 Å². The van der Waals surface area contributed by atoms with Crippen LogP contribution in [0.15, 0.2) is 24.3 Å². The summed E-state index contributed by atoms with van der Waals surface area (Å²) in [6.45, 7) is 4.33. The van der Waals surface area contributed by atoms with Crippen LogP contribution < -0.4 is 10.1 Å². The Hall–Kier alpha value is -1.27. The number of ether oxygens (including phenoxy) is 2. The molecule has 3 nitrogen and oxygen atoms in total. The maximum atomic E-state index is 11.9. The zero-order chi connectivity index (χ0) is 15.6. The molecule has 0 amide bonds. The van der Waals surface area contributed by atoms with Crippen molar-refractivity contribution in [1.82, 2.24) is 5.32 Å². The Kier molecular flexibility index (Phi) is 8.15. The van der Waals surface area contributed by atoms with Crippen molar-refractivity contribution in [2.45, 2.75) is 32.5 Å². The first-order valence-electron chi connectivity index (χ1n) is 7.09. The molecule has 0 radical (unpaired) electrons. The molecule has 0 atom stereocenters. The van der Waals surface area contributed by atoms with E-state index in [1.54, 1.807) is 0 Å². The number of nitrogens with one attached hydrogen (secondary N) is 1. The first kappa shape index (κ1) is 17.8. The summed E-state index contributed by atoms with van der Waals surface area (Å²) in [5.74, 6) is 0.775. The zero-order valence-corrected chi connectivity index (χ0v) is 12.2. The van der Waals surface area contributed by atoms with Crippen molar-refractivity contribution in [1.29, 1.82) is 0 Å². The third-order valence-corrected chi connectivity index (χ3v) is 2.77. The Morgan fingerprint density at radius 1 is 1.10 bits per heavy atom. The lowest BCUT2D eigenvalue weighted by Crippen LogP contribution is -2.14. The molecule has 120 valence electrons. The molecule has 0 fully saturated rings. The Bertz CT molecular complexity index is 397. The van der Waals surface area contributed by atoms with Crippen molar-refractivity contribution >= 4 is 0 Å². The number of hydrogen-bond acceptors (Lipinski definition) is 3. The van der Waals surface area contributed by atoms with Crippen LogP contribution in [0.5, 0.6) is 5.75 Å². The van der Waals surface area contributed by atoms with E-state index in [4.69, 9.17) is 9.47 Å². The molecule has 0 unspecified atom stereocenters. The summed E-state index contributed by atoms with van der Waals surface area (Å²) in [4.78, 5) is 0. The Morgan fingerprint density at radius 2 is 1.86 bits per heavy atom. The zero-order valence-electron chi connectivity index (χ0n) is 12.2. The van der Waals surface area contributed by atoms with Crippen LogP contribution >= 0.6 is 0 Å². The van der Waals surface area contributed by atoms with Crippen molar-refractivity contribution in [3.8, 4) is 5.75 Å².